The van der Waals surface area contributed by atoms with E-state index in [-0.39, 0.29) is 12.9 Å². The van der Waals surface area contributed by atoms with Crippen LogP contribution < -0.4 is 5.32 Å². The Morgan fingerprint density at radius 1 is 1.22 bits per heavy atom. The molecule has 0 aromatic carbocycles. The van der Waals surface area contributed by atoms with E-state index in [1.54, 1.807) is 0 Å². The number of hydrogen-bond acceptors (Lipinski definition) is 6. The molecule has 27 heavy (non-hydrogen) atoms. The fourth-order valence-electron chi connectivity index (χ4n) is 2.96. The number of nitrogens with one attached hydrogen (secondary N) is 1. The minimum Gasteiger partial charge on any atom is -0.483 e. The van der Waals surface area contributed by atoms with E-state index in [1.165, 1.54) is 41.2 Å². The first-order valence-corrected chi connectivity index (χ1v) is 10.7. The van der Waals surface area contributed by atoms with Gasteiger partial charge in [-0.05, 0) is 60.8 Å². The third-order valence-corrected chi connectivity index (χ3v) is 6.10. The third kappa shape index (κ3) is 9.14. The molecule has 3 rings (SSSR count). The Morgan fingerprint density at radius 3 is 2.44 bits per heavy atom. The van der Waals surface area contributed by atoms with Gasteiger partial charge in [0.05, 0.1) is 0 Å². The molecule has 1 fully saturated rings. The van der Waals surface area contributed by atoms with E-state index in [1.807, 2.05) is 22.7 Å². The molecule has 1 atom stereocenters. The molecule has 0 bridgehead atoms. The molecule has 1 unspecified atom stereocenters. The van der Waals surface area contributed by atoms with Crippen LogP contribution in [0.25, 0.3) is 0 Å². The zero-order valence-electron chi connectivity index (χ0n) is 15.5. The lowest BCUT2D eigenvalue weighted by atomic mass is 10.2. The normalized spacial score (nSPS) is 14.4. The highest BCUT2D eigenvalue weighted by atomic mass is 32.1. The Balaban J connectivity index is 0.000000540. The molecule has 1 aliphatic heterocycles. The molecule has 0 amide bonds. The van der Waals surface area contributed by atoms with Crippen LogP contribution in [-0.2, 0) is 22.7 Å². The highest BCUT2D eigenvalue weighted by molar-refractivity contribution is 7.10. The van der Waals surface area contributed by atoms with Crippen LogP contribution >= 0.6 is 22.7 Å². The largest absolute Gasteiger partial charge is 0.483 e. The van der Waals surface area contributed by atoms with Gasteiger partial charge in [0.25, 0.3) is 12.9 Å². The van der Waals surface area contributed by atoms with E-state index < -0.39 is 0 Å². The first kappa shape index (κ1) is 23.3. The van der Waals surface area contributed by atoms with Gasteiger partial charge in [-0.2, -0.15) is 0 Å². The van der Waals surface area contributed by atoms with Gasteiger partial charge in [0.15, 0.2) is 0 Å². The van der Waals surface area contributed by atoms with Crippen molar-refractivity contribution >= 4 is 35.6 Å². The third-order valence-electron chi connectivity index (χ3n) is 4.13. The molecule has 1 saturated heterocycles. The minimum absolute atomic E-state index is 0.250. The molecule has 0 radical (unpaired) electrons. The number of likely N-dealkylation sites (tertiary alicyclic amines) is 1. The van der Waals surface area contributed by atoms with Crippen LogP contribution in [-0.4, -0.2) is 41.1 Å². The molecule has 3 heterocycles. The van der Waals surface area contributed by atoms with E-state index in [9.17, 15) is 0 Å². The van der Waals surface area contributed by atoms with E-state index in [2.05, 4.69) is 46.1 Å². The van der Waals surface area contributed by atoms with Crippen LogP contribution in [0, 0.1) is 0 Å². The lowest BCUT2D eigenvalue weighted by Crippen LogP contribution is -2.19. The summed E-state index contributed by atoms with van der Waals surface area (Å²) in [5, 5.41) is 22.0. The summed E-state index contributed by atoms with van der Waals surface area (Å²) in [6.07, 6.45) is 3.89. The Bertz CT molecular complexity index is 619. The second-order valence-electron chi connectivity index (χ2n) is 5.97. The van der Waals surface area contributed by atoms with Gasteiger partial charge in [-0.25, -0.2) is 0 Å². The number of thiophene rings is 2. The molecule has 6 nitrogen and oxygen atoms in total. The standard InChI is InChI=1S/C17H24N2S2.2CH2O2/c1-2-16(17-6-5-9-20-17)18-11-15-10-14(13-21-15)12-19-7-3-4-8-19;2*2-1-3/h5-6,9-10,13,16,18H,2-4,7-8,11-12H2,1H3;2*1H,(H,2,3). The highest BCUT2D eigenvalue weighted by Gasteiger charge is 2.13. The van der Waals surface area contributed by atoms with Gasteiger partial charge >= 0.3 is 0 Å². The predicted molar refractivity (Wildman–Crippen MR) is 110 cm³/mol. The Kier molecular flexibility index (Phi) is 12.4. The van der Waals surface area contributed by atoms with E-state index in [0.717, 1.165) is 19.5 Å². The van der Waals surface area contributed by atoms with Crippen LogP contribution in [0.2, 0.25) is 0 Å². The van der Waals surface area contributed by atoms with Gasteiger partial charge in [-0.15, -0.1) is 22.7 Å². The summed E-state index contributed by atoms with van der Waals surface area (Å²) in [6.45, 7) is 6.43. The average Bonchev–Trinajstić information content (AvgIpc) is 3.40. The first-order valence-electron chi connectivity index (χ1n) is 8.89. The number of hydrogen-bond donors (Lipinski definition) is 3. The molecule has 8 heteroatoms. The number of rotatable bonds is 7. The van der Waals surface area contributed by atoms with Crippen molar-refractivity contribution in [1.29, 1.82) is 0 Å². The van der Waals surface area contributed by atoms with Crippen molar-refractivity contribution in [3.05, 3.63) is 44.3 Å². The number of carbonyl (C=O) groups is 2. The van der Waals surface area contributed by atoms with Crippen molar-refractivity contribution in [1.82, 2.24) is 10.2 Å². The van der Waals surface area contributed by atoms with Crippen molar-refractivity contribution in [2.75, 3.05) is 13.1 Å². The summed E-state index contributed by atoms with van der Waals surface area (Å²) < 4.78 is 0. The zero-order chi connectivity index (χ0) is 19.9. The molecular weight excluding hydrogens is 384 g/mol. The number of carboxylic acid groups (broad SMARTS) is 2. The molecule has 1 aliphatic rings. The fourth-order valence-corrected chi connectivity index (χ4v) is 4.68. The molecule has 150 valence electrons. The van der Waals surface area contributed by atoms with E-state index in [0.29, 0.717) is 6.04 Å². The SMILES string of the molecule is CCC(NCc1cc(CN2CCCC2)cs1)c1cccs1.O=CO.O=CO. The van der Waals surface area contributed by atoms with E-state index >= 15 is 0 Å². The van der Waals surface area contributed by atoms with Crippen molar-refractivity contribution < 1.29 is 19.8 Å². The maximum absolute atomic E-state index is 8.36. The lowest BCUT2D eigenvalue weighted by Gasteiger charge is -2.14. The van der Waals surface area contributed by atoms with Gasteiger partial charge in [0.2, 0.25) is 0 Å². The maximum atomic E-state index is 8.36. The summed E-state index contributed by atoms with van der Waals surface area (Å²) in [6, 6.07) is 7.26. The second-order valence-corrected chi connectivity index (χ2v) is 7.95. The Labute approximate surface area is 168 Å². The molecule has 3 N–H and O–H groups in total. The molecular formula is C19H28N2O4S2. The predicted octanol–water partition coefficient (Wildman–Crippen LogP) is 4.05. The van der Waals surface area contributed by atoms with Crippen molar-refractivity contribution in [3.8, 4) is 0 Å². The molecule has 0 spiro atoms. The minimum atomic E-state index is -0.250. The molecule has 2 aromatic heterocycles. The average molecular weight is 413 g/mol. The zero-order valence-corrected chi connectivity index (χ0v) is 17.2. The van der Waals surface area contributed by atoms with Crippen LogP contribution in [0.4, 0.5) is 0 Å². The van der Waals surface area contributed by atoms with Crippen molar-refractivity contribution in [2.45, 2.75) is 45.3 Å². The van der Waals surface area contributed by atoms with Gasteiger partial charge in [0, 0.05) is 28.9 Å². The van der Waals surface area contributed by atoms with Gasteiger partial charge in [-0.3, -0.25) is 14.5 Å². The first-order chi connectivity index (χ1) is 13.2. The smallest absolute Gasteiger partial charge is 0.290 e. The van der Waals surface area contributed by atoms with Crippen LogP contribution in [0.15, 0.2) is 29.0 Å². The number of nitrogens with zero attached hydrogens (tertiary/aromatic N) is 1. The van der Waals surface area contributed by atoms with Crippen LogP contribution in [0.1, 0.15) is 47.5 Å². The van der Waals surface area contributed by atoms with Gasteiger partial charge < -0.3 is 15.5 Å². The summed E-state index contributed by atoms with van der Waals surface area (Å²) in [5.74, 6) is 0. The van der Waals surface area contributed by atoms with Crippen LogP contribution in [0.3, 0.4) is 0 Å². The van der Waals surface area contributed by atoms with Gasteiger partial charge in [-0.1, -0.05) is 13.0 Å². The maximum Gasteiger partial charge on any atom is 0.290 e. The summed E-state index contributed by atoms with van der Waals surface area (Å²) in [4.78, 5) is 22.2. The highest BCUT2D eigenvalue weighted by Crippen LogP contribution is 2.24. The molecule has 0 saturated carbocycles. The lowest BCUT2D eigenvalue weighted by molar-refractivity contribution is -0.123. The topological polar surface area (TPSA) is 89.9 Å². The van der Waals surface area contributed by atoms with Crippen molar-refractivity contribution in [3.63, 3.8) is 0 Å². The fraction of sp³-hybridized carbons (Fsp3) is 0.474. The summed E-state index contributed by atoms with van der Waals surface area (Å²) in [7, 11) is 0. The quantitative estimate of drug-likeness (QED) is 0.595. The molecule has 2 aromatic rings. The summed E-state index contributed by atoms with van der Waals surface area (Å²) >= 11 is 3.75. The monoisotopic (exact) mass is 412 g/mol. The van der Waals surface area contributed by atoms with E-state index in [4.69, 9.17) is 19.8 Å². The Morgan fingerprint density at radius 2 is 1.89 bits per heavy atom. The Hall–Kier alpha value is -1.74. The van der Waals surface area contributed by atoms with Crippen LogP contribution in [0.5, 0.6) is 0 Å². The van der Waals surface area contributed by atoms with Gasteiger partial charge in [0.1, 0.15) is 0 Å². The summed E-state index contributed by atoms with van der Waals surface area (Å²) in [5.41, 5.74) is 1.49. The molecule has 0 aliphatic carbocycles. The second kappa shape index (κ2) is 14.3. The van der Waals surface area contributed by atoms with Crippen molar-refractivity contribution in [2.24, 2.45) is 0 Å².